The highest BCUT2D eigenvalue weighted by Crippen LogP contribution is 2.37. The topological polar surface area (TPSA) is 87.8 Å². The Bertz CT molecular complexity index is 759. The average molecular weight is 368 g/mol. The van der Waals surface area contributed by atoms with Crippen LogP contribution < -0.4 is 11.1 Å². The van der Waals surface area contributed by atoms with Crippen molar-refractivity contribution in [1.82, 2.24) is 10.2 Å². The molecule has 1 aliphatic carbocycles. The van der Waals surface area contributed by atoms with Gasteiger partial charge in [0.15, 0.2) is 11.5 Å². The monoisotopic (exact) mass is 368 g/mol. The van der Waals surface area contributed by atoms with Gasteiger partial charge in [0, 0.05) is 20.0 Å². The average Bonchev–Trinajstić information content (AvgIpc) is 2.85. The van der Waals surface area contributed by atoms with Gasteiger partial charge in [0.1, 0.15) is 0 Å². The number of hydrogen-bond donors (Lipinski definition) is 2. The highest BCUT2D eigenvalue weighted by molar-refractivity contribution is 6.08. The van der Waals surface area contributed by atoms with E-state index in [1.54, 1.807) is 14.0 Å². The van der Waals surface area contributed by atoms with Crippen molar-refractivity contribution in [3.8, 4) is 0 Å². The molecular weight excluding hydrogens is 340 g/mol. The minimum absolute atomic E-state index is 0.00159. The Balaban J connectivity index is 1.82. The Morgan fingerprint density at radius 1 is 1.37 bits per heavy atom. The summed E-state index contributed by atoms with van der Waals surface area (Å²) in [6, 6.07) is 10.0. The van der Waals surface area contributed by atoms with E-state index in [1.807, 2.05) is 42.5 Å². The molecule has 6 nitrogen and oxygen atoms in total. The standard InChI is InChI=1S/C21H28N4O2/c1-15(26)23-18-10-6-9-17(13-18)14-21(19(27)25(2)20(22)24-21)12-11-16-7-4-3-5-8-16/h3-5,7-8,11-12,17-18H,6,9-10,13-14H2,1-2H3,(H2,22,24)(H,23,26)/t17-,18?,21-/m0/s1. The molecule has 3 atom stereocenters. The molecule has 1 heterocycles. The van der Waals surface area contributed by atoms with Crippen molar-refractivity contribution in [1.29, 1.82) is 0 Å². The SMILES string of the molecule is CC(=O)NC1CCC[C@H](C[C@]2(C=Cc3ccccc3)N=C(N)N(C)C2=O)C1. The number of nitrogens with two attached hydrogens (primary N) is 1. The maximum absolute atomic E-state index is 13.0. The van der Waals surface area contributed by atoms with Gasteiger partial charge < -0.3 is 11.1 Å². The molecule has 3 N–H and O–H groups in total. The Kier molecular flexibility index (Phi) is 5.63. The Hall–Kier alpha value is -2.63. The van der Waals surface area contributed by atoms with E-state index in [9.17, 15) is 9.59 Å². The summed E-state index contributed by atoms with van der Waals surface area (Å²) in [5.41, 5.74) is 6.04. The van der Waals surface area contributed by atoms with Crippen LogP contribution in [0.1, 0.15) is 44.6 Å². The number of guanidine groups is 1. The Morgan fingerprint density at radius 2 is 2.11 bits per heavy atom. The molecule has 0 spiro atoms. The minimum Gasteiger partial charge on any atom is -0.369 e. The molecule has 1 aromatic carbocycles. The number of carbonyl (C=O) groups excluding carboxylic acids is 2. The summed E-state index contributed by atoms with van der Waals surface area (Å²) in [6.45, 7) is 1.55. The van der Waals surface area contributed by atoms with Gasteiger partial charge in [-0.1, -0.05) is 49.2 Å². The van der Waals surface area contributed by atoms with Crippen LogP contribution in [0.25, 0.3) is 6.08 Å². The molecule has 1 fully saturated rings. The van der Waals surface area contributed by atoms with Gasteiger partial charge in [0.05, 0.1) is 0 Å². The number of likely N-dealkylation sites (N-methyl/N-ethyl adjacent to an activating group) is 1. The van der Waals surface area contributed by atoms with Crippen molar-refractivity contribution in [2.24, 2.45) is 16.6 Å². The molecule has 144 valence electrons. The third kappa shape index (κ3) is 4.38. The van der Waals surface area contributed by atoms with Gasteiger partial charge >= 0.3 is 0 Å². The van der Waals surface area contributed by atoms with Crippen LogP contribution in [0.15, 0.2) is 41.4 Å². The number of carbonyl (C=O) groups is 2. The van der Waals surface area contributed by atoms with Crippen LogP contribution in [-0.2, 0) is 9.59 Å². The fraction of sp³-hybridized carbons (Fsp3) is 0.476. The summed E-state index contributed by atoms with van der Waals surface area (Å²) >= 11 is 0. The van der Waals surface area contributed by atoms with Crippen molar-refractivity contribution in [2.75, 3.05) is 7.05 Å². The first kappa shape index (κ1) is 19.1. The van der Waals surface area contributed by atoms with E-state index in [1.165, 1.54) is 4.90 Å². The molecule has 1 aliphatic heterocycles. The van der Waals surface area contributed by atoms with Crippen molar-refractivity contribution in [2.45, 2.75) is 50.6 Å². The summed E-state index contributed by atoms with van der Waals surface area (Å²) in [4.78, 5) is 30.4. The molecule has 1 unspecified atom stereocenters. The zero-order valence-electron chi connectivity index (χ0n) is 16.0. The van der Waals surface area contributed by atoms with Crippen LogP contribution in [0.2, 0.25) is 0 Å². The van der Waals surface area contributed by atoms with Crippen molar-refractivity contribution >= 4 is 23.8 Å². The third-order valence-electron chi connectivity index (χ3n) is 5.47. The minimum atomic E-state index is -0.961. The summed E-state index contributed by atoms with van der Waals surface area (Å²) < 4.78 is 0. The number of aliphatic imine (C=N–C) groups is 1. The number of nitrogens with zero attached hydrogens (tertiary/aromatic N) is 2. The lowest BCUT2D eigenvalue weighted by Crippen LogP contribution is -2.44. The van der Waals surface area contributed by atoms with Gasteiger partial charge in [-0.2, -0.15) is 0 Å². The maximum atomic E-state index is 13.0. The predicted octanol–water partition coefficient (Wildman–Crippen LogP) is 2.31. The predicted molar refractivity (Wildman–Crippen MR) is 107 cm³/mol. The second kappa shape index (κ2) is 7.94. The number of rotatable bonds is 5. The second-order valence-corrected chi connectivity index (χ2v) is 7.64. The lowest BCUT2D eigenvalue weighted by Gasteiger charge is -2.33. The van der Waals surface area contributed by atoms with Gasteiger partial charge in [-0.15, -0.1) is 0 Å². The molecule has 2 aliphatic rings. The molecule has 0 bridgehead atoms. The summed E-state index contributed by atoms with van der Waals surface area (Å²) in [6.07, 6.45) is 8.37. The van der Waals surface area contributed by atoms with Crippen LogP contribution in [-0.4, -0.2) is 41.3 Å². The Morgan fingerprint density at radius 3 is 2.74 bits per heavy atom. The summed E-state index contributed by atoms with van der Waals surface area (Å²) in [5, 5.41) is 3.02. The fourth-order valence-corrected chi connectivity index (χ4v) is 4.16. The maximum Gasteiger partial charge on any atom is 0.261 e. The molecule has 6 heteroatoms. The van der Waals surface area contributed by atoms with Gasteiger partial charge in [-0.25, -0.2) is 4.99 Å². The molecule has 27 heavy (non-hydrogen) atoms. The normalized spacial score (nSPS) is 28.4. The first-order chi connectivity index (χ1) is 12.9. The van der Waals surface area contributed by atoms with Crippen molar-refractivity contribution in [3.63, 3.8) is 0 Å². The molecule has 1 saturated carbocycles. The second-order valence-electron chi connectivity index (χ2n) is 7.64. The Labute approximate surface area is 160 Å². The van der Waals surface area contributed by atoms with Gasteiger partial charge in [0.25, 0.3) is 5.91 Å². The lowest BCUT2D eigenvalue weighted by molar-refractivity contribution is -0.129. The first-order valence-corrected chi connectivity index (χ1v) is 9.54. The van der Waals surface area contributed by atoms with Gasteiger partial charge in [-0.3, -0.25) is 14.5 Å². The number of amides is 2. The largest absolute Gasteiger partial charge is 0.369 e. The highest BCUT2D eigenvalue weighted by atomic mass is 16.2. The highest BCUT2D eigenvalue weighted by Gasteiger charge is 2.46. The van der Waals surface area contributed by atoms with E-state index in [0.29, 0.717) is 12.3 Å². The third-order valence-corrected chi connectivity index (χ3v) is 5.47. The van der Waals surface area contributed by atoms with Crippen molar-refractivity contribution < 1.29 is 9.59 Å². The van der Waals surface area contributed by atoms with E-state index in [4.69, 9.17) is 5.73 Å². The van der Waals surface area contributed by atoms with Crippen LogP contribution in [0, 0.1) is 5.92 Å². The summed E-state index contributed by atoms with van der Waals surface area (Å²) in [7, 11) is 1.67. The molecule has 2 amide bonds. The quantitative estimate of drug-likeness (QED) is 0.836. The molecule has 1 aromatic rings. The zero-order chi connectivity index (χ0) is 19.4. The van der Waals surface area contributed by atoms with Crippen LogP contribution in [0.3, 0.4) is 0 Å². The zero-order valence-corrected chi connectivity index (χ0v) is 16.0. The van der Waals surface area contributed by atoms with E-state index >= 15 is 0 Å². The van der Waals surface area contributed by atoms with Crippen LogP contribution in [0.4, 0.5) is 0 Å². The smallest absolute Gasteiger partial charge is 0.261 e. The first-order valence-electron chi connectivity index (χ1n) is 9.54. The molecule has 3 rings (SSSR count). The van der Waals surface area contributed by atoms with Gasteiger partial charge in [-0.05, 0) is 36.8 Å². The van der Waals surface area contributed by atoms with E-state index in [0.717, 1.165) is 31.2 Å². The number of benzene rings is 1. The van der Waals surface area contributed by atoms with E-state index < -0.39 is 5.54 Å². The van der Waals surface area contributed by atoms with Gasteiger partial charge in [0.2, 0.25) is 5.91 Å². The molecule has 0 saturated heterocycles. The van der Waals surface area contributed by atoms with E-state index in [-0.39, 0.29) is 23.8 Å². The molecular formula is C21H28N4O2. The lowest BCUT2D eigenvalue weighted by atomic mass is 9.77. The number of hydrogen-bond acceptors (Lipinski definition) is 4. The molecule has 0 aromatic heterocycles. The van der Waals surface area contributed by atoms with Crippen LogP contribution >= 0.6 is 0 Å². The number of nitrogens with one attached hydrogen (secondary N) is 1. The van der Waals surface area contributed by atoms with Crippen LogP contribution in [0.5, 0.6) is 0 Å². The summed E-state index contributed by atoms with van der Waals surface area (Å²) in [5.74, 6) is 0.474. The fourth-order valence-electron chi connectivity index (χ4n) is 4.16. The van der Waals surface area contributed by atoms with E-state index in [2.05, 4.69) is 10.3 Å². The van der Waals surface area contributed by atoms with Crippen molar-refractivity contribution in [3.05, 3.63) is 42.0 Å². The molecule has 0 radical (unpaired) electrons.